The first-order chi connectivity index (χ1) is 8.19. The third kappa shape index (κ3) is 2.90. The summed E-state index contributed by atoms with van der Waals surface area (Å²) in [5.74, 6) is 1.61. The average molecular weight is 235 g/mol. The van der Waals surface area contributed by atoms with E-state index >= 15 is 0 Å². The summed E-state index contributed by atoms with van der Waals surface area (Å²) in [6.45, 7) is 4.28. The second-order valence-corrected chi connectivity index (χ2v) is 4.13. The normalized spacial score (nSPS) is 17.2. The quantitative estimate of drug-likeness (QED) is 0.866. The van der Waals surface area contributed by atoms with Gasteiger partial charge in [-0.1, -0.05) is 6.92 Å². The summed E-state index contributed by atoms with van der Waals surface area (Å²) in [5, 5.41) is 2.75. The number of hydrogen-bond donors (Lipinski definition) is 1. The first kappa shape index (κ1) is 11.8. The standard InChI is InChI=1S/C13H17NO3/c1-3-6-16-11-4-5-12-10(7-11)8-13(17-12)14-9(2)15/h4-5,7,13H,3,6,8H2,1-2H3,(H,14,15). The first-order valence-electron chi connectivity index (χ1n) is 5.88. The highest BCUT2D eigenvalue weighted by molar-refractivity contribution is 5.73. The second-order valence-electron chi connectivity index (χ2n) is 4.13. The molecule has 0 fully saturated rings. The number of hydrogen-bond acceptors (Lipinski definition) is 3. The lowest BCUT2D eigenvalue weighted by molar-refractivity contribution is -0.121. The largest absolute Gasteiger partial charge is 0.494 e. The van der Waals surface area contributed by atoms with Crippen molar-refractivity contribution >= 4 is 5.91 Å². The van der Waals surface area contributed by atoms with Gasteiger partial charge in [0.1, 0.15) is 11.5 Å². The van der Waals surface area contributed by atoms with Gasteiger partial charge in [0.05, 0.1) is 6.61 Å². The van der Waals surface area contributed by atoms with Crippen LogP contribution in [0.1, 0.15) is 25.8 Å². The SMILES string of the molecule is CCCOc1ccc2c(c1)CC(NC(C)=O)O2. The van der Waals surface area contributed by atoms with Gasteiger partial charge in [-0.05, 0) is 24.6 Å². The number of carbonyl (C=O) groups excluding carboxylic acids is 1. The molecule has 4 nitrogen and oxygen atoms in total. The minimum atomic E-state index is -0.246. The smallest absolute Gasteiger partial charge is 0.219 e. The summed E-state index contributed by atoms with van der Waals surface area (Å²) in [6, 6.07) is 5.76. The molecule has 92 valence electrons. The summed E-state index contributed by atoms with van der Waals surface area (Å²) in [6.07, 6.45) is 1.43. The summed E-state index contributed by atoms with van der Waals surface area (Å²) in [5.41, 5.74) is 1.08. The van der Waals surface area contributed by atoms with Gasteiger partial charge < -0.3 is 14.8 Å². The zero-order chi connectivity index (χ0) is 12.3. The molecule has 1 unspecified atom stereocenters. The Morgan fingerprint density at radius 3 is 3.12 bits per heavy atom. The second kappa shape index (κ2) is 5.08. The van der Waals surface area contributed by atoms with Gasteiger partial charge in [0, 0.05) is 18.9 Å². The van der Waals surface area contributed by atoms with Gasteiger partial charge >= 0.3 is 0 Å². The van der Waals surface area contributed by atoms with Crippen molar-refractivity contribution in [2.75, 3.05) is 6.61 Å². The molecule has 1 amide bonds. The lowest BCUT2D eigenvalue weighted by Gasteiger charge is -2.10. The van der Waals surface area contributed by atoms with Crippen LogP contribution >= 0.6 is 0 Å². The number of nitrogens with one attached hydrogen (secondary N) is 1. The molecular weight excluding hydrogens is 218 g/mol. The Hall–Kier alpha value is -1.71. The monoisotopic (exact) mass is 235 g/mol. The molecule has 0 spiro atoms. The van der Waals surface area contributed by atoms with Crippen molar-refractivity contribution in [1.82, 2.24) is 5.32 Å². The van der Waals surface area contributed by atoms with E-state index in [1.54, 1.807) is 0 Å². The molecule has 1 atom stereocenters. The Labute approximate surface area is 101 Å². The van der Waals surface area contributed by atoms with Crippen molar-refractivity contribution in [3.05, 3.63) is 23.8 Å². The van der Waals surface area contributed by atoms with Gasteiger partial charge in [0.15, 0.2) is 6.23 Å². The molecule has 0 aliphatic carbocycles. The van der Waals surface area contributed by atoms with Crippen LogP contribution in [0.25, 0.3) is 0 Å². The fraction of sp³-hybridized carbons (Fsp3) is 0.462. The van der Waals surface area contributed by atoms with Crippen LogP contribution in [0, 0.1) is 0 Å². The van der Waals surface area contributed by atoms with E-state index in [-0.39, 0.29) is 12.1 Å². The Morgan fingerprint density at radius 1 is 1.59 bits per heavy atom. The molecule has 0 aromatic heterocycles. The van der Waals surface area contributed by atoms with Crippen LogP contribution in [-0.4, -0.2) is 18.7 Å². The number of amides is 1. The highest BCUT2D eigenvalue weighted by Gasteiger charge is 2.23. The van der Waals surface area contributed by atoms with Crippen LogP contribution in [0.3, 0.4) is 0 Å². The zero-order valence-electron chi connectivity index (χ0n) is 10.2. The maximum atomic E-state index is 10.9. The predicted molar refractivity (Wildman–Crippen MR) is 64.2 cm³/mol. The Balaban J connectivity index is 2.03. The fourth-order valence-electron chi connectivity index (χ4n) is 1.84. The van der Waals surface area contributed by atoms with E-state index in [1.165, 1.54) is 6.92 Å². The van der Waals surface area contributed by atoms with Crippen molar-refractivity contribution in [2.45, 2.75) is 32.9 Å². The average Bonchev–Trinajstić information content (AvgIpc) is 2.66. The molecule has 2 rings (SSSR count). The predicted octanol–water partition coefficient (Wildman–Crippen LogP) is 1.87. The van der Waals surface area contributed by atoms with Crippen LogP contribution in [0.4, 0.5) is 0 Å². The molecule has 4 heteroatoms. The Morgan fingerprint density at radius 2 is 2.41 bits per heavy atom. The van der Waals surface area contributed by atoms with Crippen molar-refractivity contribution in [3.63, 3.8) is 0 Å². The molecule has 0 saturated heterocycles. The highest BCUT2D eigenvalue weighted by Crippen LogP contribution is 2.31. The molecule has 17 heavy (non-hydrogen) atoms. The van der Waals surface area contributed by atoms with E-state index in [1.807, 2.05) is 18.2 Å². The third-order valence-corrected chi connectivity index (χ3v) is 2.54. The first-order valence-corrected chi connectivity index (χ1v) is 5.88. The van der Waals surface area contributed by atoms with Gasteiger partial charge in [-0.15, -0.1) is 0 Å². The summed E-state index contributed by atoms with van der Waals surface area (Å²) in [4.78, 5) is 10.9. The molecule has 1 N–H and O–H groups in total. The van der Waals surface area contributed by atoms with Gasteiger partial charge in [0.2, 0.25) is 5.91 Å². The fourth-order valence-corrected chi connectivity index (χ4v) is 1.84. The lowest BCUT2D eigenvalue weighted by atomic mass is 10.1. The molecule has 1 aliphatic rings. The van der Waals surface area contributed by atoms with Gasteiger partial charge in [-0.2, -0.15) is 0 Å². The van der Waals surface area contributed by atoms with E-state index < -0.39 is 0 Å². The van der Waals surface area contributed by atoms with E-state index in [2.05, 4.69) is 12.2 Å². The van der Waals surface area contributed by atoms with Crippen LogP contribution in [0.2, 0.25) is 0 Å². The topological polar surface area (TPSA) is 47.6 Å². The Kier molecular flexibility index (Phi) is 3.52. The van der Waals surface area contributed by atoms with Crippen molar-refractivity contribution in [3.8, 4) is 11.5 Å². The molecule has 0 bridgehead atoms. The minimum Gasteiger partial charge on any atom is -0.494 e. The van der Waals surface area contributed by atoms with Crippen LogP contribution in [-0.2, 0) is 11.2 Å². The molecule has 1 aromatic rings. The minimum absolute atomic E-state index is 0.0785. The number of carbonyl (C=O) groups is 1. The van der Waals surface area contributed by atoms with Crippen molar-refractivity contribution < 1.29 is 14.3 Å². The maximum Gasteiger partial charge on any atom is 0.219 e. The molecule has 1 heterocycles. The van der Waals surface area contributed by atoms with E-state index in [4.69, 9.17) is 9.47 Å². The van der Waals surface area contributed by atoms with Crippen LogP contribution in [0.5, 0.6) is 11.5 Å². The highest BCUT2D eigenvalue weighted by atomic mass is 16.5. The molecule has 0 saturated carbocycles. The number of rotatable bonds is 4. The van der Waals surface area contributed by atoms with E-state index in [0.717, 1.165) is 30.1 Å². The molecule has 1 aliphatic heterocycles. The Bertz CT molecular complexity index is 417. The summed E-state index contributed by atoms with van der Waals surface area (Å²) in [7, 11) is 0. The molecule has 0 radical (unpaired) electrons. The number of fused-ring (bicyclic) bond motifs is 1. The maximum absolute atomic E-state index is 10.9. The van der Waals surface area contributed by atoms with Gasteiger partial charge in [0.25, 0.3) is 0 Å². The molecular formula is C13H17NO3. The molecule has 1 aromatic carbocycles. The van der Waals surface area contributed by atoms with Gasteiger partial charge in [-0.3, -0.25) is 4.79 Å². The van der Waals surface area contributed by atoms with E-state index in [0.29, 0.717) is 6.42 Å². The van der Waals surface area contributed by atoms with E-state index in [9.17, 15) is 4.79 Å². The third-order valence-electron chi connectivity index (χ3n) is 2.54. The van der Waals surface area contributed by atoms with Crippen molar-refractivity contribution in [1.29, 1.82) is 0 Å². The lowest BCUT2D eigenvalue weighted by Crippen LogP contribution is -2.36. The van der Waals surface area contributed by atoms with Crippen LogP contribution in [0.15, 0.2) is 18.2 Å². The summed E-state index contributed by atoms with van der Waals surface area (Å²) < 4.78 is 11.1. The van der Waals surface area contributed by atoms with Gasteiger partial charge in [-0.25, -0.2) is 0 Å². The number of ether oxygens (including phenoxy) is 2. The zero-order valence-corrected chi connectivity index (χ0v) is 10.2. The number of benzene rings is 1. The summed E-state index contributed by atoms with van der Waals surface area (Å²) >= 11 is 0. The van der Waals surface area contributed by atoms with Crippen LogP contribution < -0.4 is 14.8 Å². The van der Waals surface area contributed by atoms with Crippen molar-refractivity contribution in [2.24, 2.45) is 0 Å².